The smallest absolute Gasteiger partial charge is 0.338 e. The number of nitrogens with one attached hydrogen (secondary N) is 1. The zero-order valence-corrected chi connectivity index (χ0v) is 18.7. The summed E-state index contributed by atoms with van der Waals surface area (Å²) in [4.78, 5) is 26.3. The molecule has 9 heteroatoms. The maximum Gasteiger partial charge on any atom is 0.338 e. The molecule has 0 saturated heterocycles. The molecule has 1 heterocycles. The van der Waals surface area contributed by atoms with Crippen molar-refractivity contribution in [3.8, 4) is 11.5 Å². The molecular weight excluding hydrogens is 424 g/mol. The first-order chi connectivity index (χ1) is 16.0. The van der Waals surface area contributed by atoms with Gasteiger partial charge in [-0.05, 0) is 41.8 Å². The van der Waals surface area contributed by atoms with Crippen LogP contribution in [0.2, 0.25) is 0 Å². The first kappa shape index (κ1) is 23.3. The maximum atomic E-state index is 13.3. The fourth-order valence-corrected chi connectivity index (χ4v) is 3.14. The lowest BCUT2D eigenvalue weighted by Gasteiger charge is -2.16. The Morgan fingerprint density at radius 2 is 1.55 bits per heavy atom. The van der Waals surface area contributed by atoms with Gasteiger partial charge in [0.1, 0.15) is 24.2 Å². The van der Waals surface area contributed by atoms with Gasteiger partial charge in [0.2, 0.25) is 0 Å². The van der Waals surface area contributed by atoms with E-state index in [9.17, 15) is 9.59 Å². The van der Waals surface area contributed by atoms with E-state index in [-0.39, 0.29) is 11.1 Å². The molecule has 33 heavy (non-hydrogen) atoms. The average molecular weight is 448 g/mol. The minimum absolute atomic E-state index is 0.0854. The number of methoxy groups -OCH3 is 3. The Balaban J connectivity index is 2.22. The summed E-state index contributed by atoms with van der Waals surface area (Å²) in [6.45, 7) is 1.73. The average Bonchev–Trinajstić information content (AvgIpc) is 3.36. The number of nitrogens with zero attached hydrogens (tertiary/aromatic N) is 3. The Labute approximate surface area is 191 Å². The summed E-state index contributed by atoms with van der Waals surface area (Å²) < 4.78 is 17.1. The number of allylic oxidation sites excluding steroid dienone is 1. The molecule has 9 nitrogen and oxygen atoms in total. The molecule has 0 aliphatic heterocycles. The molecular formula is C24H24N4O5. The third-order valence-corrected chi connectivity index (χ3v) is 4.82. The summed E-state index contributed by atoms with van der Waals surface area (Å²) in [7, 11) is 4.33. The van der Waals surface area contributed by atoms with Gasteiger partial charge in [0.05, 0.1) is 32.5 Å². The molecule has 0 saturated carbocycles. The summed E-state index contributed by atoms with van der Waals surface area (Å²) in [6, 6.07) is 14.4. The standard InChI is InChI=1S/C24H24N4O5/c1-16(18-11-19(31-2)13-20(12-18)32-3)22(24(30)33-4)21(10-17-8-6-5-7-9-17)23(29)27-28-14-25-26-15-28/h5-15H,1-4H3,(H,27,29)/b21-10+,22-16-. The monoisotopic (exact) mass is 448 g/mol. The van der Waals surface area contributed by atoms with Crippen LogP contribution in [0, 0.1) is 0 Å². The van der Waals surface area contributed by atoms with Gasteiger partial charge in [-0.2, -0.15) is 0 Å². The van der Waals surface area contributed by atoms with E-state index in [0.29, 0.717) is 22.6 Å². The van der Waals surface area contributed by atoms with Crippen LogP contribution in [0.4, 0.5) is 0 Å². The second-order valence-corrected chi connectivity index (χ2v) is 6.87. The van der Waals surface area contributed by atoms with E-state index in [1.54, 1.807) is 31.2 Å². The molecule has 0 aliphatic rings. The second-order valence-electron chi connectivity index (χ2n) is 6.87. The maximum absolute atomic E-state index is 13.3. The minimum atomic E-state index is -0.671. The van der Waals surface area contributed by atoms with Crippen molar-refractivity contribution in [2.45, 2.75) is 6.92 Å². The normalized spacial score (nSPS) is 11.9. The van der Waals surface area contributed by atoms with Crippen molar-refractivity contribution in [1.29, 1.82) is 0 Å². The molecule has 1 aromatic heterocycles. The Morgan fingerprint density at radius 1 is 0.939 bits per heavy atom. The lowest BCUT2D eigenvalue weighted by atomic mass is 9.93. The summed E-state index contributed by atoms with van der Waals surface area (Å²) >= 11 is 0. The molecule has 2 aromatic carbocycles. The van der Waals surface area contributed by atoms with Crippen molar-refractivity contribution < 1.29 is 23.8 Å². The minimum Gasteiger partial charge on any atom is -0.497 e. The highest BCUT2D eigenvalue weighted by molar-refractivity contribution is 6.18. The molecule has 0 aliphatic carbocycles. The van der Waals surface area contributed by atoms with E-state index >= 15 is 0 Å². The van der Waals surface area contributed by atoms with Gasteiger partial charge in [-0.25, -0.2) is 9.47 Å². The number of rotatable bonds is 8. The van der Waals surface area contributed by atoms with Crippen LogP contribution in [0.3, 0.4) is 0 Å². The second kappa shape index (κ2) is 10.8. The molecule has 3 aromatic rings. The number of carbonyl (C=O) groups is 2. The van der Waals surface area contributed by atoms with E-state index in [1.165, 1.54) is 38.7 Å². The first-order valence-electron chi connectivity index (χ1n) is 9.92. The van der Waals surface area contributed by atoms with Gasteiger partial charge in [-0.3, -0.25) is 10.2 Å². The summed E-state index contributed by atoms with van der Waals surface area (Å²) in [5, 5.41) is 7.37. The lowest BCUT2D eigenvalue weighted by Crippen LogP contribution is -2.26. The molecule has 0 bridgehead atoms. The van der Waals surface area contributed by atoms with E-state index in [2.05, 4.69) is 15.6 Å². The molecule has 0 fully saturated rings. The lowest BCUT2D eigenvalue weighted by molar-refractivity contribution is -0.136. The highest BCUT2D eigenvalue weighted by atomic mass is 16.5. The van der Waals surface area contributed by atoms with Crippen molar-refractivity contribution in [2.24, 2.45) is 0 Å². The summed E-state index contributed by atoms with van der Waals surface area (Å²) in [5.74, 6) is -0.144. The number of hydrogen-bond donors (Lipinski definition) is 1. The highest BCUT2D eigenvalue weighted by Gasteiger charge is 2.25. The molecule has 1 N–H and O–H groups in total. The largest absolute Gasteiger partial charge is 0.497 e. The number of hydrogen-bond acceptors (Lipinski definition) is 7. The van der Waals surface area contributed by atoms with E-state index in [1.807, 2.05) is 30.3 Å². The van der Waals surface area contributed by atoms with Crippen molar-refractivity contribution >= 4 is 23.5 Å². The number of esters is 1. The Morgan fingerprint density at radius 3 is 2.09 bits per heavy atom. The van der Waals surface area contributed by atoms with Gasteiger partial charge in [0.15, 0.2) is 0 Å². The highest BCUT2D eigenvalue weighted by Crippen LogP contribution is 2.32. The Kier molecular flexibility index (Phi) is 7.59. The zero-order chi connectivity index (χ0) is 23.8. The predicted molar refractivity (Wildman–Crippen MR) is 123 cm³/mol. The number of aromatic nitrogens is 3. The van der Waals surface area contributed by atoms with Crippen molar-refractivity contribution in [2.75, 3.05) is 26.8 Å². The third-order valence-electron chi connectivity index (χ3n) is 4.82. The van der Waals surface area contributed by atoms with Gasteiger partial charge in [-0.1, -0.05) is 30.3 Å². The van der Waals surface area contributed by atoms with Crippen LogP contribution in [0.25, 0.3) is 11.6 Å². The van der Waals surface area contributed by atoms with Crippen LogP contribution in [0.15, 0.2) is 72.3 Å². The molecule has 0 atom stereocenters. The predicted octanol–water partition coefficient (Wildman–Crippen LogP) is 3.10. The SMILES string of the molecule is COC(=O)C(=C(/C)c1cc(OC)cc(OC)c1)/C(=C\c1ccccc1)C(=O)Nn1cnnc1. The number of benzene rings is 2. The van der Waals surface area contributed by atoms with Gasteiger partial charge < -0.3 is 14.2 Å². The molecule has 170 valence electrons. The number of ether oxygens (including phenoxy) is 3. The quantitative estimate of drug-likeness (QED) is 0.321. The first-order valence-corrected chi connectivity index (χ1v) is 9.92. The van der Waals surface area contributed by atoms with Crippen molar-refractivity contribution in [3.63, 3.8) is 0 Å². The van der Waals surface area contributed by atoms with E-state index in [4.69, 9.17) is 14.2 Å². The summed E-state index contributed by atoms with van der Waals surface area (Å²) in [6.07, 6.45) is 4.28. The number of carbonyl (C=O) groups excluding carboxylic acids is 2. The van der Waals surface area contributed by atoms with Crippen molar-refractivity contribution in [3.05, 3.63) is 83.5 Å². The Hall–Kier alpha value is -4.40. The topological polar surface area (TPSA) is 105 Å². The molecule has 3 rings (SSSR count). The molecule has 0 radical (unpaired) electrons. The van der Waals surface area contributed by atoms with Gasteiger partial charge in [0.25, 0.3) is 5.91 Å². The fraction of sp³-hybridized carbons (Fsp3) is 0.167. The summed E-state index contributed by atoms with van der Waals surface area (Å²) in [5.41, 5.74) is 4.68. The van der Waals surface area contributed by atoms with Gasteiger partial charge in [-0.15, -0.1) is 10.2 Å². The van der Waals surface area contributed by atoms with Gasteiger partial charge >= 0.3 is 5.97 Å². The van der Waals surface area contributed by atoms with Crippen LogP contribution in [0.5, 0.6) is 11.5 Å². The van der Waals surface area contributed by atoms with Crippen LogP contribution >= 0.6 is 0 Å². The number of amides is 1. The van der Waals surface area contributed by atoms with Gasteiger partial charge in [0, 0.05) is 6.07 Å². The van der Waals surface area contributed by atoms with Crippen LogP contribution in [-0.4, -0.2) is 48.1 Å². The molecule has 1 amide bonds. The molecule has 0 unspecified atom stereocenters. The molecule has 0 spiro atoms. The van der Waals surface area contributed by atoms with Crippen LogP contribution in [0.1, 0.15) is 18.1 Å². The fourth-order valence-electron chi connectivity index (χ4n) is 3.14. The van der Waals surface area contributed by atoms with Crippen molar-refractivity contribution in [1.82, 2.24) is 14.9 Å². The zero-order valence-electron chi connectivity index (χ0n) is 18.7. The third kappa shape index (κ3) is 5.65. The van der Waals surface area contributed by atoms with E-state index in [0.717, 1.165) is 5.56 Å². The van der Waals surface area contributed by atoms with Crippen LogP contribution in [-0.2, 0) is 14.3 Å². The van der Waals surface area contributed by atoms with Crippen LogP contribution < -0.4 is 14.9 Å². The van der Waals surface area contributed by atoms with E-state index < -0.39 is 11.9 Å². The Bertz CT molecular complexity index is 1160.